The molecule has 25 heavy (non-hydrogen) atoms. The molecular formula is C20H25NO4. The highest BCUT2D eigenvalue weighted by Gasteiger charge is 2.12. The number of methoxy groups -OCH3 is 1. The van der Waals surface area contributed by atoms with Gasteiger partial charge in [-0.15, -0.1) is 0 Å². The van der Waals surface area contributed by atoms with Crippen LogP contribution in [0.4, 0.5) is 5.69 Å². The number of carbonyl (C=O) groups excluding carboxylic acids is 1. The standard InChI is InChI=1S/C20H25NO4/c1-4-25-15(2)20(22)21-18-7-5-6-17(12-18)14-24-13-16-8-10-19(23-3)11-9-16/h5-12,15H,4,13-14H2,1-3H3,(H,21,22). The molecule has 5 heteroatoms. The third-order valence-electron chi connectivity index (χ3n) is 3.68. The summed E-state index contributed by atoms with van der Waals surface area (Å²) in [7, 11) is 1.65. The molecule has 0 bridgehead atoms. The Kier molecular flexibility index (Phi) is 7.44. The van der Waals surface area contributed by atoms with E-state index in [-0.39, 0.29) is 5.91 Å². The van der Waals surface area contributed by atoms with E-state index in [4.69, 9.17) is 14.2 Å². The molecule has 0 saturated heterocycles. The molecule has 0 spiro atoms. The number of carbonyl (C=O) groups is 1. The maximum Gasteiger partial charge on any atom is 0.253 e. The van der Waals surface area contributed by atoms with E-state index >= 15 is 0 Å². The van der Waals surface area contributed by atoms with Crippen molar-refractivity contribution < 1.29 is 19.0 Å². The number of hydrogen-bond donors (Lipinski definition) is 1. The van der Waals surface area contributed by atoms with Crippen molar-refractivity contribution >= 4 is 11.6 Å². The number of ether oxygens (including phenoxy) is 3. The summed E-state index contributed by atoms with van der Waals surface area (Å²) < 4.78 is 16.2. The second-order valence-electron chi connectivity index (χ2n) is 5.63. The van der Waals surface area contributed by atoms with Gasteiger partial charge in [-0.2, -0.15) is 0 Å². The van der Waals surface area contributed by atoms with Gasteiger partial charge in [0.25, 0.3) is 5.91 Å². The summed E-state index contributed by atoms with van der Waals surface area (Å²) in [6, 6.07) is 15.4. The van der Waals surface area contributed by atoms with Crippen LogP contribution >= 0.6 is 0 Å². The quantitative estimate of drug-likeness (QED) is 0.753. The first-order valence-electron chi connectivity index (χ1n) is 8.34. The smallest absolute Gasteiger partial charge is 0.253 e. The Morgan fingerprint density at radius 3 is 2.48 bits per heavy atom. The number of benzene rings is 2. The van der Waals surface area contributed by atoms with Gasteiger partial charge < -0.3 is 19.5 Å². The zero-order valence-electron chi connectivity index (χ0n) is 15.0. The molecule has 0 heterocycles. The van der Waals surface area contributed by atoms with Crippen LogP contribution in [-0.2, 0) is 27.5 Å². The van der Waals surface area contributed by atoms with Crippen molar-refractivity contribution in [2.45, 2.75) is 33.2 Å². The Hall–Kier alpha value is -2.37. The van der Waals surface area contributed by atoms with Gasteiger partial charge in [-0.3, -0.25) is 4.79 Å². The molecule has 1 amide bonds. The predicted octanol–water partition coefficient (Wildman–Crippen LogP) is 3.78. The lowest BCUT2D eigenvalue weighted by molar-refractivity contribution is -0.126. The van der Waals surface area contributed by atoms with Gasteiger partial charge in [0.1, 0.15) is 11.9 Å². The zero-order chi connectivity index (χ0) is 18.1. The third-order valence-corrected chi connectivity index (χ3v) is 3.68. The molecule has 2 aromatic carbocycles. The van der Waals surface area contributed by atoms with E-state index in [1.165, 1.54) is 0 Å². The Balaban J connectivity index is 1.85. The Bertz CT molecular complexity index is 670. The molecule has 0 aliphatic rings. The molecule has 0 radical (unpaired) electrons. The summed E-state index contributed by atoms with van der Waals surface area (Å²) in [4.78, 5) is 12.0. The zero-order valence-corrected chi connectivity index (χ0v) is 15.0. The molecule has 0 saturated carbocycles. The summed E-state index contributed by atoms with van der Waals surface area (Å²) in [5, 5.41) is 2.85. The lowest BCUT2D eigenvalue weighted by Gasteiger charge is -2.13. The molecule has 5 nitrogen and oxygen atoms in total. The normalized spacial score (nSPS) is 11.8. The minimum Gasteiger partial charge on any atom is -0.497 e. The molecule has 0 aromatic heterocycles. The molecule has 1 atom stereocenters. The molecule has 0 aliphatic carbocycles. The van der Waals surface area contributed by atoms with Gasteiger partial charge in [0.2, 0.25) is 0 Å². The lowest BCUT2D eigenvalue weighted by atomic mass is 10.2. The molecule has 2 rings (SSSR count). The first kappa shape index (κ1) is 19.0. The molecule has 0 fully saturated rings. The predicted molar refractivity (Wildman–Crippen MR) is 97.6 cm³/mol. The first-order valence-corrected chi connectivity index (χ1v) is 8.34. The van der Waals surface area contributed by atoms with E-state index in [1.807, 2.05) is 55.5 Å². The van der Waals surface area contributed by atoms with Crippen LogP contribution in [0.3, 0.4) is 0 Å². The third kappa shape index (κ3) is 6.21. The van der Waals surface area contributed by atoms with Crippen LogP contribution in [0.25, 0.3) is 0 Å². The van der Waals surface area contributed by atoms with E-state index in [9.17, 15) is 4.79 Å². The monoisotopic (exact) mass is 343 g/mol. The molecule has 134 valence electrons. The van der Waals surface area contributed by atoms with Crippen LogP contribution in [0, 0.1) is 0 Å². The van der Waals surface area contributed by atoms with E-state index in [0.29, 0.717) is 19.8 Å². The summed E-state index contributed by atoms with van der Waals surface area (Å²) in [5.41, 5.74) is 2.81. The van der Waals surface area contributed by atoms with Crippen molar-refractivity contribution in [1.29, 1.82) is 0 Å². The average molecular weight is 343 g/mol. The van der Waals surface area contributed by atoms with E-state index in [2.05, 4.69) is 5.32 Å². The topological polar surface area (TPSA) is 56.8 Å². The van der Waals surface area contributed by atoms with E-state index in [1.54, 1.807) is 14.0 Å². The van der Waals surface area contributed by atoms with Crippen molar-refractivity contribution in [3.05, 3.63) is 59.7 Å². The van der Waals surface area contributed by atoms with Crippen LogP contribution in [0.2, 0.25) is 0 Å². The minimum absolute atomic E-state index is 0.154. The number of rotatable bonds is 9. The van der Waals surface area contributed by atoms with E-state index in [0.717, 1.165) is 22.6 Å². The average Bonchev–Trinajstić information content (AvgIpc) is 2.63. The van der Waals surface area contributed by atoms with Gasteiger partial charge in [-0.1, -0.05) is 24.3 Å². The second-order valence-corrected chi connectivity index (χ2v) is 5.63. The largest absolute Gasteiger partial charge is 0.497 e. The van der Waals surface area contributed by atoms with Crippen LogP contribution in [0.1, 0.15) is 25.0 Å². The highest BCUT2D eigenvalue weighted by molar-refractivity contribution is 5.93. The van der Waals surface area contributed by atoms with Crippen LogP contribution in [0.15, 0.2) is 48.5 Å². The van der Waals surface area contributed by atoms with Crippen LogP contribution < -0.4 is 10.1 Å². The van der Waals surface area contributed by atoms with Gasteiger partial charge in [0, 0.05) is 12.3 Å². The second kappa shape index (κ2) is 9.81. The van der Waals surface area contributed by atoms with Crippen molar-refractivity contribution in [1.82, 2.24) is 0 Å². The fourth-order valence-corrected chi connectivity index (χ4v) is 2.32. The van der Waals surface area contributed by atoms with Gasteiger partial charge in [0.15, 0.2) is 0 Å². The van der Waals surface area contributed by atoms with Gasteiger partial charge >= 0.3 is 0 Å². The Morgan fingerprint density at radius 2 is 1.80 bits per heavy atom. The van der Waals surface area contributed by atoms with Crippen molar-refractivity contribution in [3.63, 3.8) is 0 Å². The summed E-state index contributed by atoms with van der Waals surface area (Å²) in [6.45, 7) is 5.09. The fourth-order valence-electron chi connectivity index (χ4n) is 2.32. The summed E-state index contributed by atoms with van der Waals surface area (Å²) in [5.74, 6) is 0.673. The number of nitrogens with one attached hydrogen (secondary N) is 1. The molecule has 2 aromatic rings. The van der Waals surface area contributed by atoms with E-state index < -0.39 is 6.10 Å². The van der Waals surface area contributed by atoms with Crippen molar-refractivity contribution in [2.75, 3.05) is 19.0 Å². The fraction of sp³-hybridized carbons (Fsp3) is 0.350. The maximum absolute atomic E-state index is 12.0. The summed E-state index contributed by atoms with van der Waals surface area (Å²) in [6.07, 6.45) is -0.472. The Morgan fingerprint density at radius 1 is 1.08 bits per heavy atom. The van der Waals surface area contributed by atoms with Gasteiger partial charge in [-0.25, -0.2) is 0 Å². The number of amides is 1. The molecule has 0 aliphatic heterocycles. The minimum atomic E-state index is -0.472. The van der Waals surface area contributed by atoms with Crippen LogP contribution in [0.5, 0.6) is 5.75 Å². The molecule has 1 unspecified atom stereocenters. The number of hydrogen-bond acceptors (Lipinski definition) is 4. The summed E-state index contributed by atoms with van der Waals surface area (Å²) >= 11 is 0. The SMILES string of the molecule is CCOC(C)C(=O)Nc1cccc(COCc2ccc(OC)cc2)c1. The van der Waals surface area contributed by atoms with Gasteiger partial charge in [0.05, 0.1) is 20.3 Å². The first-order chi connectivity index (χ1) is 12.1. The highest BCUT2D eigenvalue weighted by Crippen LogP contribution is 2.15. The van der Waals surface area contributed by atoms with Crippen molar-refractivity contribution in [2.24, 2.45) is 0 Å². The lowest BCUT2D eigenvalue weighted by Crippen LogP contribution is -2.27. The Labute approximate surface area is 148 Å². The van der Waals surface area contributed by atoms with Crippen LogP contribution in [-0.4, -0.2) is 25.7 Å². The highest BCUT2D eigenvalue weighted by atomic mass is 16.5. The van der Waals surface area contributed by atoms with Gasteiger partial charge in [-0.05, 0) is 49.2 Å². The molecular weight excluding hydrogens is 318 g/mol. The maximum atomic E-state index is 12.0. The molecule has 1 N–H and O–H groups in total. The van der Waals surface area contributed by atoms with Crippen molar-refractivity contribution in [3.8, 4) is 5.75 Å². The number of anilines is 1.